The van der Waals surface area contributed by atoms with Gasteiger partial charge in [0.25, 0.3) is 0 Å². The van der Waals surface area contributed by atoms with Crippen molar-refractivity contribution in [1.82, 2.24) is 0 Å². The number of unbranched alkanes of at least 4 members (excludes halogenated alkanes) is 1. The molecule has 0 spiro atoms. The third-order valence-electron chi connectivity index (χ3n) is 1.69. The third-order valence-corrected chi connectivity index (χ3v) is 1.69. The van der Waals surface area contributed by atoms with Crippen LogP contribution in [0, 0.1) is 0 Å². The standard InChI is InChI=1S/C6H12O2.C5H10O3/c1-3-4-5-8-6(2)7;1-4(7-2)5(6)8-3/h3-5H2,1-2H3;4H,1-3H3. The van der Waals surface area contributed by atoms with E-state index in [2.05, 4.69) is 21.1 Å². The van der Waals surface area contributed by atoms with Crippen LogP contribution in [-0.4, -0.2) is 38.9 Å². The van der Waals surface area contributed by atoms with Crippen molar-refractivity contribution in [1.29, 1.82) is 0 Å². The van der Waals surface area contributed by atoms with E-state index in [4.69, 9.17) is 0 Å². The molecule has 0 rings (SSSR count). The van der Waals surface area contributed by atoms with E-state index in [0.717, 1.165) is 12.8 Å². The molecule has 0 bridgehead atoms. The molecule has 1 unspecified atom stereocenters. The van der Waals surface area contributed by atoms with Crippen LogP contribution >= 0.6 is 0 Å². The predicted octanol–water partition coefficient (Wildman–Crippen LogP) is 1.54. The van der Waals surface area contributed by atoms with Crippen molar-refractivity contribution in [3.8, 4) is 0 Å². The van der Waals surface area contributed by atoms with E-state index in [1.165, 1.54) is 21.1 Å². The molecule has 5 heteroatoms. The number of esters is 2. The van der Waals surface area contributed by atoms with E-state index in [1.54, 1.807) is 6.92 Å². The summed E-state index contributed by atoms with van der Waals surface area (Å²) in [6.07, 6.45) is 1.60. The molecule has 0 aliphatic carbocycles. The van der Waals surface area contributed by atoms with Crippen LogP contribution in [0.1, 0.15) is 33.6 Å². The Kier molecular flexibility index (Phi) is 12.9. The van der Waals surface area contributed by atoms with Crippen LogP contribution in [0.5, 0.6) is 0 Å². The van der Waals surface area contributed by atoms with Gasteiger partial charge < -0.3 is 14.2 Å². The molecule has 96 valence electrons. The lowest BCUT2D eigenvalue weighted by Gasteiger charge is -2.04. The molecule has 5 nitrogen and oxygen atoms in total. The maximum atomic E-state index is 10.4. The second kappa shape index (κ2) is 12.0. The smallest absolute Gasteiger partial charge is 0.334 e. The number of ether oxygens (including phenoxy) is 3. The maximum absolute atomic E-state index is 10.4. The molecule has 0 aromatic rings. The monoisotopic (exact) mass is 234 g/mol. The molecule has 0 aliphatic rings. The molecular weight excluding hydrogens is 212 g/mol. The molecule has 0 heterocycles. The van der Waals surface area contributed by atoms with Gasteiger partial charge in [-0.25, -0.2) is 4.79 Å². The fourth-order valence-electron chi connectivity index (χ4n) is 0.622. The van der Waals surface area contributed by atoms with Crippen LogP contribution in [0.3, 0.4) is 0 Å². The SMILES string of the molecule is CCCCOC(C)=O.COC(=O)C(C)OC. The third kappa shape index (κ3) is 12.9. The highest BCUT2D eigenvalue weighted by molar-refractivity contribution is 5.73. The Labute approximate surface area is 97.1 Å². The second-order valence-electron chi connectivity index (χ2n) is 3.09. The van der Waals surface area contributed by atoms with Crippen molar-refractivity contribution in [3.05, 3.63) is 0 Å². The summed E-state index contributed by atoms with van der Waals surface area (Å²) >= 11 is 0. The molecule has 0 amide bonds. The summed E-state index contributed by atoms with van der Waals surface area (Å²) in [5.74, 6) is -0.522. The first kappa shape index (κ1) is 17.3. The van der Waals surface area contributed by atoms with E-state index in [0.29, 0.717) is 6.61 Å². The number of hydrogen-bond acceptors (Lipinski definition) is 5. The average molecular weight is 234 g/mol. The van der Waals surface area contributed by atoms with Gasteiger partial charge >= 0.3 is 11.9 Å². The van der Waals surface area contributed by atoms with Gasteiger partial charge in [0.05, 0.1) is 13.7 Å². The van der Waals surface area contributed by atoms with Gasteiger partial charge in [-0.15, -0.1) is 0 Å². The van der Waals surface area contributed by atoms with Crippen LogP contribution in [0.15, 0.2) is 0 Å². The molecule has 0 radical (unpaired) electrons. The Morgan fingerprint density at radius 3 is 2.06 bits per heavy atom. The topological polar surface area (TPSA) is 61.8 Å². The summed E-state index contributed by atoms with van der Waals surface area (Å²) < 4.78 is 13.6. The molecule has 0 aliphatic heterocycles. The first-order valence-corrected chi connectivity index (χ1v) is 5.23. The Balaban J connectivity index is 0. The summed E-state index contributed by atoms with van der Waals surface area (Å²) in [5.41, 5.74) is 0. The van der Waals surface area contributed by atoms with Gasteiger partial charge in [-0.05, 0) is 13.3 Å². The van der Waals surface area contributed by atoms with E-state index in [-0.39, 0.29) is 11.9 Å². The average Bonchev–Trinajstić information content (AvgIpc) is 2.27. The predicted molar refractivity (Wildman–Crippen MR) is 60.0 cm³/mol. The van der Waals surface area contributed by atoms with Crippen molar-refractivity contribution in [2.75, 3.05) is 20.8 Å². The van der Waals surface area contributed by atoms with Crippen LogP contribution in [0.2, 0.25) is 0 Å². The van der Waals surface area contributed by atoms with Crippen LogP contribution in [0.4, 0.5) is 0 Å². The lowest BCUT2D eigenvalue weighted by Crippen LogP contribution is -2.19. The van der Waals surface area contributed by atoms with Gasteiger partial charge in [-0.2, -0.15) is 0 Å². The fraction of sp³-hybridized carbons (Fsp3) is 0.818. The highest BCUT2D eigenvalue weighted by Gasteiger charge is 2.09. The first-order valence-electron chi connectivity index (χ1n) is 5.23. The van der Waals surface area contributed by atoms with Gasteiger partial charge in [0.1, 0.15) is 0 Å². The molecule has 0 saturated carbocycles. The highest BCUT2D eigenvalue weighted by Crippen LogP contribution is 1.88. The molecule has 16 heavy (non-hydrogen) atoms. The number of carbonyl (C=O) groups is 2. The molecule has 0 aromatic carbocycles. The minimum Gasteiger partial charge on any atom is -0.467 e. The lowest BCUT2D eigenvalue weighted by molar-refractivity contribution is -0.151. The summed E-state index contributed by atoms with van der Waals surface area (Å²) in [6, 6.07) is 0. The van der Waals surface area contributed by atoms with Gasteiger partial charge in [-0.3, -0.25) is 4.79 Å². The Morgan fingerprint density at radius 1 is 1.25 bits per heavy atom. The van der Waals surface area contributed by atoms with E-state index in [1.807, 2.05) is 0 Å². The van der Waals surface area contributed by atoms with E-state index < -0.39 is 6.10 Å². The normalized spacial score (nSPS) is 10.8. The first-order chi connectivity index (χ1) is 7.49. The van der Waals surface area contributed by atoms with E-state index >= 15 is 0 Å². The number of carbonyl (C=O) groups excluding carboxylic acids is 2. The van der Waals surface area contributed by atoms with Gasteiger partial charge in [0.2, 0.25) is 0 Å². The minimum atomic E-state index is -0.444. The minimum absolute atomic E-state index is 0.182. The summed E-state index contributed by atoms with van der Waals surface area (Å²) in [7, 11) is 2.79. The van der Waals surface area contributed by atoms with Crippen LogP contribution < -0.4 is 0 Å². The number of methoxy groups -OCH3 is 2. The fourth-order valence-corrected chi connectivity index (χ4v) is 0.622. The largest absolute Gasteiger partial charge is 0.467 e. The van der Waals surface area contributed by atoms with Crippen LogP contribution in [0.25, 0.3) is 0 Å². The second-order valence-corrected chi connectivity index (χ2v) is 3.09. The summed E-state index contributed by atoms with van der Waals surface area (Å²) in [6.45, 7) is 5.69. The Hall–Kier alpha value is -1.10. The van der Waals surface area contributed by atoms with Gasteiger partial charge in [-0.1, -0.05) is 13.3 Å². The van der Waals surface area contributed by atoms with Crippen LogP contribution in [-0.2, 0) is 23.8 Å². The lowest BCUT2D eigenvalue weighted by atomic mass is 10.4. The maximum Gasteiger partial charge on any atom is 0.334 e. The van der Waals surface area contributed by atoms with Crippen molar-refractivity contribution < 1.29 is 23.8 Å². The van der Waals surface area contributed by atoms with Crippen molar-refractivity contribution in [3.63, 3.8) is 0 Å². The van der Waals surface area contributed by atoms with E-state index in [9.17, 15) is 9.59 Å². The highest BCUT2D eigenvalue weighted by atomic mass is 16.6. The number of hydrogen-bond donors (Lipinski definition) is 0. The van der Waals surface area contributed by atoms with Gasteiger partial charge in [0, 0.05) is 14.0 Å². The molecule has 0 N–H and O–H groups in total. The molecule has 1 atom stereocenters. The molecule has 0 aromatic heterocycles. The van der Waals surface area contributed by atoms with Crippen molar-refractivity contribution in [2.45, 2.75) is 39.7 Å². The quantitative estimate of drug-likeness (QED) is 0.533. The zero-order valence-corrected chi connectivity index (χ0v) is 10.7. The van der Waals surface area contributed by atoms with Crippen molar-refractivity contribution in [2.24, 2.45) is 0 Å². The Morgan fingerprint density at radius 2 is 1.81 bits per heavy atom. The van der Waals surface area contributed by atoms with Crippen molar-refractivity contribution >= 4 is 11.9 Å². The zero-order valence-electron chi connectivity index (χ0n) is 10.7. The molecule has 0 saturated heterocycles. The van der Waals surface area contributed by atoms with Gasteiger partial charge in [0.15, 0.2) is 6.10 Å². The summed E-state index contributed by atoms with van der Waals surface area (Å²) in [5, 5.41) is 0. The number of rotatable bonds is 5. The molecular formula is C11H22O5. The molecule has 0 fully saturated rings. The Bertz CT molecular complexity index is 191. The summed E-state index contributed by atoms with van der Waals surface area (Å²) in [4.78, 5) is 20.5. The zero-order chi connectivity index (χ0) is 13.0.